The maximum Gasteiger partial charge on any atom is 0.173 e. The lowest BCUT2D eigenvalue weighted by atomic mass is 9.74. The number of rotatable bonds is 2. The van der Waals surface area contributed by atoms with E-state index in [1.807, 2.05) is 18.2 Å². The van der Waals surface area contributed by atoms with Crippen LogP contribution in [0.3, 0.4) is 0 Å². The minimum Gasteiger partial charge on any atom is -0.392 e. The third-order valence-electron chi connectivity index (χ3n) is 5.00. The first-order chi connectivity index (χ1) is 11.2. The standard InChI is InChI=1S/C18H21I2NO3/c1-9-14(19)6-11-5-10(3-4-13(11)17(9)20)16-15(22)7-12(21-2)8-18(16,23)24/h3-6,12,15-16,21-24H,7-8H2,1-2H3. The van der Waals surface area contributed by atoms with Gasteiger partial charge in [-0.2, -0.15) is 0 Å². The van der Waals surface area contributed by atoms with E-state index < -0.39 is 17.8 Å². The van der Waals surface area contributed by atoms with Gasteiger partial charge in [-0.15, -0.1) is 0 Å². The zero-order valence-electron chi connectivity index (χ0n) is 13.6. The largest absolute Gasteiger partial charge is 0.392 e. The molecule has 0 radical (unpaired) electrons. The Morgan fingerprint density at radius 1 is 1.21 bits per heavy atom. The Bertz CT molecular complexity index is 778. The summed E-state index contributed by atoms with van der Waals surface area (Å²) in [5, 5.41) is 36.8. The van der Waals surface area contributed by atoms with Crippen molar-refractivity contribution in [3.63, 3.8) is 0 Å². The van der Waals surface area contributed by atoms with Crippen LogP contribution in [-0.2, 0) is 0 Å². The smallest absolute Gasteiger partial charge is 0.173 e. The van der Waals surface area contributed by atoms with Gasteiger partial charge in [-0.05, 0) is 93.5 Å². The topological polar surface area (TPSA) is 72.7 Å². The summed E-state index contributed by atoms with van der Waals surface area (Å²) in [6.45, 7) is 2.10. The van der Waals surface area contributed by atoms with Crippen LogP contribution in [0.25, 0.3) is 10.8 Å². The second-order valence-corrected chi connectivity index (χ2v) is 8.87. The van der Waals surface area contributed by atoms with Gasteiger partial charge >= 0.3 is 0 Å². The van der Waals surface area contributed by atoms with E-state index in [9.17, 15) is 15.3 Å². The summed E-state index contributed by atoms with van der Waals surface area (Å²) in [6.07, 6.45) is -0.0932. The first-order valence-corrected chi connectivity index (χ1v) is 10.1. The Balaban J connectivity index is 2.07. The molecule has 1 aliphatic carbocycles. The van der Waals surface area contributed by atoms with Gasteiger partial charge in [-0.1, -0.05) is 18.2 Å². The zero-order chi connectivity index (χ0) is 17.6. The van der Waals surface area contributed by atoms with Crippen LogP contribution in [0.15, 0.2) is 24.3 Å². The lowest BCUT2D eigenvalue weighted by molar-refractivity contribution is -0.220. The molecule has 0 spiro atoms. The van der Waals surface area contributed by atoms with Crippen LogP contribution >= 0.6 is 45.2 Å². The average molecular weight is 553 g/mol. The van der Waals surface area contributed by atoms with Crippen LogP contribution < -0.4 is 5.32 Å². The summed E-state index contributed by atoms with van der Waals surface area (Å²) < 4.78 is 2.39. The van der Waals surface area contributed by atoms with Crippen LogP contribution in [0, 0.1) is 14.1 Å². The van der Waals surface area contributed by atoms with E-state index >= 15 is 0 Å². The fourth-order valence-corrected chi connectivity index (χ4v) is 5.57. The number of halogens is 2. The van der Waals surface area contributed by atoms with Gasteiger partial charge in [0, 0.05) is 19.6 Å². The van der Waals surface area contributed by atoms with Crippen molar-refractivity contribution in [2.45, 2.75) is 43.6 Å². The summed E-state index contributed by atoms with van der Waals surface area (Å²) >= 11 is 4.67. The SMILES string of the molecule is CNC1CC(O)C(c2ccc3c(I)c(C)c(I)cc3c2)C(O)(O)C1. The summed E-state index contributed by atoms with van der Waals surface area (Å²) in [5.74, 6) is -2.63. The fourth-order valence-electron chi connectivity index (χ4n) is 3.66. The van der Waals surface area contributed by atoms with Gasteiger partial charge < -0.3 is 20.6 Å². The third kappa shape index (κ3) is 3.33. The Hall–Kier alpha value is -0.000000000000000153. The van der Waals surface area contributed by atoms with Gasteiger partial charge in [0.25, 0.3) is 0 Å². The first kappa shape index (κ1) is 18.8. The van der Waals surface area contributed by atoms with Crippen molar-refractivity contribution in [1.29, 1.82) is 0 Å². The van der Waals surface area contributed by atoms with Crippen LogP contribution in [-0.4, -0.2) is 40.3 Å². The molecule has 0 aromatic heterocycles. The predicted octanol–water partition coefficient (Wildman–Crippen LogP) is 2.86. The van der Waals surface area contributed by atoms with Crippen molar-refractivity contribution in [1.82, 2.24) is 5.32 Å². The molecule has 2 aromatic carbocycles. The van der Waals surface area contributed by atoms with Gasteiger partial charge in [-0.3, -0.25) is 0 Å². The van der Waals surface area contributed by atoms with Crippen LogP contribution in [0.2, 0.25) is 0 Å². The maximum atomic E-state index is 10.5. The lowest BCUT2D eigenvalue weighted by Gasteiger charge is -2.42. The molecule has 0 amide bonds. The Kier molecular flexibility index (Phi) is 5.44. The van der Waals surface area contributed by atoms with Crippen molar-refractivity contribution >= 4 is 56.0 Å². The highest BCUT2D eigenvalue weighted by atomic mass is 127. The Morgan fingerprint density at radius 2 is 1.92 bits per heavy atom. The van der Waals surface area contributed by atoms with Crippen molar-refractivity contribution in [3.8, 4) is 0 Å². The Labute approximate surface area is 168 Å². The van der Waals surface area contributed by atoms with Crippen molar-refractivity contribution < 1.29 is 15.3 Å². The molecule has 3 rings (SSSR count). The lowest BCUT2D eigenvalue weighted by Crippen LogP contribution is -2.53. The quantitative estimate of drug-likeness (QED) is 0.341. The first-order valence-electron chi connectivity index (χ1n) is 7.93. The molecule has 2 aromatic rings. The zero-order valence-corrected chi connectivity index (χ0v) is 17.9. The van der Waals surface area contributed by atoms with Gasteiger partial charge in [0.05, 0.1) is 12.0 Å². The van der Waals surface area contributed by atoms with Crippen LogP contribution in [0.4, 0.5) is 0 Å². The highest BCUT2D eigenvalue weighted by Crippen LogP contribution is 2.41. The molecule has 6 heteroatoms. The van der Waals surface area contributed by atoms with E-state index in [4.69, 9.17) is 0 Å². The molecule has 1 fully saturated rings. The predicted molar refractivity (Wildman–Crippen MR) is 112 cm³/mol. The van der Waals surface area contributed by atoms with Crippen LogP contribution in [0.1, 0.15) is 29.9 Å². The summed E-state index contributed by atoms with van der Waals surface area (Å²) in [5.41, 5.74) is 2.02. The number of hydrogen-bond acceptors (Lipinski definition) is 4. The highest BCUT2D eigenvalue weighted by Gasteiger charge is 2.46. The molecular formula is C18H21I2NO3. The highest BCUT2D eigenvalue weighted by molar-refractivity contribution is 14.1. The number of hydrogen-bond donors (Lipinski definition) is 4. The van der Waals surface area contributed by atoms with Gasteiger partial charge in [0.1, 0.15) is 0 Å². The molecule has 1 aliphatic rings. The minimum atomic E-state index is -1.93. The molecule has 0 saturated heterocycles. The number of benzene rings is 2. The number of aliphatic hydroxyl groups is 3. The van der Waals surface area contributed by atoms with Crippen molar-refractivity contribution in [2.24, 2.45) is 0 Å². The normalized spacial score (nSPS) is 26.7. The number of fused-ring (bicyclic) bond motifs is 1. The Morgan fingerprint density at radius 3 is 2.54 bits per heavy atom. The molecule has 24 heavy (non-hydrogen) atoms. The number of nitrogens with one attached hydrogen (secondary N) is 1. The van der Waals surface area contributed by atoms with Gasteiger partial charge in [-0.25, -0.2) is 0 Å². The molecule has 4 N–H and O–H groups in total. The van der Waals surface area contributed by atoms with Gasteiger partial charge in [0.15, 0.2) is 5.79 Å². The molecular weight excluding hydrogens is 532 g/mol. The van der Waals surface area contributed by atoms with Crippen molar-refractivity contribution in [2.75, 3.05) is 7.05 Å². The van der Waals surface area contributed by atoms with E-state index in [0.717, 1.165) is 16.3 Å². The van der Waals surface area contributed by atoms with E-state index in [2.05, 4.69) is 63.5 Å². The molecule has 0 bridgehead atoms. The van der Waals surface area contributed by atoms with Gasteiger partial charge in [0.2, 0.25) is 0 Å². The molecule has 4 nitrogen and oxygen atoms in total. The van der Waals surface area contributed by atoms with E-state index in [-0.39, 0.29) is 12.5 Å². The van der Waals surface area contributed by atoms with E-state index in [1.54, 1.807) is 7.05 Å². The molecule has 1 saturated carbocycles. The summed E-state index contributed by atoms with van der Waals surface area (Å²) in [4.78, 5) is 0. The third-order valence-corrected chi connectivity index (χ3v) is 7.52. The molecule has 0 heterocycles. The summed E-state index contributed by atoms with van der Waals surface area (Å²) in [6, 6.07) is 7.91. The molecule has 3 atom stereocenters. The summed E-state index contributed by atoms with van der Waals surface area (Å²) in [7, 11) is 1.77. The minimum absolute atomic E-state index is 0.101. The molecule has 3 unspecified atom stereocenters. The maximum absolute atomic E-state index is 10.5. The second kappa shape index (κ2) is 6.96. The van der Waals surface area contributed by atoms with Crippen molar-refractivity contribution in [3.05, 3.63) is 42.5 Å². The molecule has 0 aliphatic heterocycles. The second-order valence-electron chi connectivity index (χ2n) is 6.63. The van der Waals surface area contributed by atoms with Crippen LogP contribution in [0.5, 0.6) is 0 Å². The number of aliphatic hydroxyl groups excluding tert-OH is 1. The molecule has 130 valence electrons. The van der Waals surface area contributed by atoms with E-state index in [0.29, 0.717) is 6.42 Å². The van der Waals surface area contributed by atoms with E-state index in [1.165, 1.54) is 12.7 Å². The average Bonchev–Trinajstić information content (AvgIpc) is 2.51. The monoisotopic (exact) mass is 553 g/mol. The fraction of sp³-hybridized carbons (Fsp3) is 0.444.